The predicted octanol–water partition coefficient (Wildman–Crippen LogP) is 5.53. The van der Waals surface area contributed by atoms with E-state index in [1.54, 1.807) is 6.26 Å². The summed E-state index contributed by atoms with van der Waals surface area (Å²) >= 11 is 3.84. The zero-order chi connectivity index (χ0) is 13.4. The summed E-state index contributed by atoms with van der Waals surface area (Å²) < 4.78 is 5.43. The Morgan fingerprint density at radius 3 is 2.53 bits per heavy atom. The SMILES string of the molecule is Cc1ccc2ccccc2c1C(Br)c1ccoc1C. The van der Waals surface area contributed by atoms with Crippen molar-refractivity contribution in [3.8, 4) is 0 Å². The molecule has 0 fully saturated rings. The van der Waals surface area contributed by atoms with Gasteiger partial charge in [-0.05, 0) is 41.8 Å². The second kappa shape index (κ2) is 4.86. The quantitative estimate of drug-likeness (QED) is 0.566. The van der Waals surface area contributed by atoms with E-state index < -0.39 is 0 Å². The van der Waals surface area contributed by atoms with Crippen LogP contribution in [0.1, 0.15) is 27.3 Å². The lowest BCUT2D eigenvalue weighted by Crippen LogP contribution is -1.97. The summed E-state index contributed by atoms with van der Waals surface area (Å²) in [5.41, 5.74) is 3.81. The maximum atomic E-state index is 5.43. The molecule has 19 heavy (non-hydrogen) atoms. The minimum absolute atomic E-state index is 0.164. The van der Waals surface area contributed by atoms with Crippen molar-refractivity contribution < 1.29 is 4.42 Å². The second-order valence-corrected chi connectivity index (χ2v) is 5.73. The molecule has 96 valence electrons. The zero-order valence-corrected chi connectivity index (χ0v) is 12.6. The minimum atomic E-state index is 0.164. The van der Waals surface area contributed by atoms with Crippen molar-refractivity contribution in [2.45, 2.75) is 18.7 Å². The Morgan fingerprint density at radius 2 is 1.79 bits per heavy atom. The Kier molecular flexibility index (Phi) is 3.19. The molecule has 1 heterocycles. The van der Waals surface area contributed by atoms with Crippen molar-refractivity contribution in [2.24, 2.45) is 0 Å². The highest BCUT2D eigenvalue weighted by molar-refractivity contribution is 9.09. The first-order valence-electron chi connectivity index (χ1n) is 6.35. The number of halogens is 1. The van der Waals surface area contributed by atoms with Crippen LogP contribution < -0.4 is 0 Å². The Hall–Kier alpha value is -1.54. The number of hydrogen-bond donors (Lipinski definition) is 0. The van der Waals surface area contributed by atoms with E-state index in [4.69, 9.17) is 4.42 Å². The monoisotopic (exact) mass is 314 g/mol. The maximum absolute atomic E-state index is 5.43. The number of benzene rings is 2. The number of hydrogen-bond acceptors (Lipinski definition) is 1. The first kappa shape index (κ1) is 12.5. The molecule has 0 radical (unpaired) electrons. The van der Waals surface area contributed by atoms with Crippen molar-refractivity contribution in [3.63, 3.8) is 0 Å². The summed E-state index contributed by atoms with van der Waals surface area (Å²) in [4.78, 5) is 0.164. The molecule has 1 aromatic heterocycles. The highest BCUT2D eigenvalue weighted by Crippen LogP contribution is 2.39. The molecule has 1 unspecified atom stereocenters. The van der Waals surface area contributed by atoms with Gasteiger partial charge in [0.25, 0.3) is 0 Å². The Labute approximate surface area is 121 Å². The van der Waals surface area contributed by atoms with E-state index in [2.05, 4.69) is 59.3 Å². The lowest BCUT2D eigenvalue weighted by Gasteiger charge is -2.16. The van der Waals surface area contributed by atoms with Gasteiger partial charge in [0.1, 0.15) is 5.76 Å². The third kappa shape index (κ3) is 2.10. The highest BCUT2D eigenvalue weighted by atomic mass is 79.9. The van der Waals surface area contributed by atoms with E-state index in [9.17, 15) is 0 Å². The molecular weight excluding hydrogens is 300 g/mol. The van der Waals surface area contributed by atoms with Crippen LogP contribution in [0.25, 0.3) is 10.8 Å². The standard InChI is InChI=1S/C17H15BrO/c1-11-7-8-13-5-3-4-6-15(13)16(11)17(18)14-9-10-19-12(14)2/h3-10,17H,1-2H3. The maximum Gasteiger partial charge on any atom is 0.105 e. The van der Waals surface area contributed by atoms with Gasteiger partial charge in [0.15, 0.2) is 0 Å². The number of aryl methyl sites for hydroxylation is 2. The number of rotatable bonds is 2. The lowest BCUT2D eigenvalue weighted by molar-refractivity contribution is 0.530. The van der Waals surface area contributed by atoms with Gasteiger partial charge in [0.05, 0.1) is 11.1 Å². The largest absolute Gasteiger partial charge is 0.469 e. The second-order valence-electron chi connectivity index (χ2n) is 4.81. The van der Waals surface area contributed by atoms with Gasteiger partial charge in [0, 0.05) is 5.56 Å². The topological polar surface area (TPSA) is 13.1 Å². The summed E-state index contributed by atoms with van der Waals surface area (Å²) in [5.74, 6) is 0.967. The molecule has 0 amide bonds. The molecule has 1 atom stereocenters. The molecule has 0 saturated heterocycles. The normalized spacial score (nSPS) is 12.8. The molecule has 0 spiro atoms. The van der Waals surface area contributed by atoms with Crippen molar-refractivity contribution >= 4 is 26.7 Å². The summed E-state index contributed by atoms with van der Waals surface area (Å²) in [6.07, 6.45) is 1.75. The molecular formula is C17H15BrO. The third-order valence-corrected chi connectivity index (χ3v) is 4.57. The smallest absolute Gasteiger partial charge is 0.105 e. The minimum Gasteiger partial charge on any atom is -0.469 e. The van der Waals surface area contributed by atoms with Crippen LogP contribution in [0.2, 0.25) is 0 Å². The van der Waals surface area contributed by atoms with Crippen LogP contribution in [-0.2, 0) is 0 Å². The number of furan rings is 1. The lowest BCUT2D eigenvalue weighted by atomic mass is 9.94. The molecule has 0 aliphatic heterocycles. The molecule has 0 saturated carbocycles. The van der Waals surface area contributed by atoms with Crippen molar-refractivity contribution in [1.82, 2.24) is 0 Å². The number of alkyl halides is 1. The van der Waals surface area contributed by atoms with Gasteiger partial charge >= 0.3 is 0 Å². The van der Waals surface area contributed by atoms with Gasteiger partial charge in [-0.1, -0.05) is 52.3 Å². The van der Waals surface area contributed by atoms with E-state index in [-0.39, 0.29) is 4.83 Å². The van der Waals surface area contributed by atoms with Gasteiger partial charge < -0.3 is 4.42 Å². The first-order valence-corrected chi connectivity index (χ1v) is 7.26. The van der Waals surface area contributed by atoms with Gasteiger partial charge in [-0.25, -0.2) is 0 Å². The predicted molar refractivity (Wildman–Crippen MR) is 82.9 cm³/mol. The zero-order valence-electron chi connectivity index (χ0n) is 11.0. The fourth-order valence-corrected chi connectivity index (χ4v) is 3.64. The fraction of sp³-hybridized carbons (Fsp3) is 0.176. The highest BCUT2D eigenvalue weighted by Gasteiger charge is 2.18. The summed E-state index contributed by atoms with van der Waals surface area (Å²) in [7, 11) is 0. The molecule has 0 aliphatic carbocycles. The van der Waals surface area contributed by atoms with Gasteiger partial charge in [0.2, 0.25) is 0 Å². The summed E-state index contributed by atoms with van der Waals surface area (Å²) in [5, 5.41) is 2.57. The van der Waals surface area contributed by atoms with Crippen LogP contribution in [0.5, 0.6) is 0 Å². The van der Waals surface area contributed by atoms with E-state index in [0.29, 0.717) is 0 Å². The van der Waals surface area contributed by atoms with E-state index in [1.165, 1.54) is 27.5 Å². The van der Waals surface area contributed by atoms with Crippen molar-refractivity contribution in [2.75, 3.05) is 0 Å². The van der Waals surface area contributed by atoms with Crippen LogP contribution >= 0.6 is 15.9 Å². The molecule has 0 N–H and O–H groups in total. The number of fused-ring (bicyclic) bond motifs is 1. The molecule has 2 aromatic carbocycles. The Balaban J connectivity index is 2.24. The Bertz CT molecular complexity index is 727. The molecule has 3 rings (SSSR count). The Morgan fingerprint density at radius 1 is 1.00 bits per heavy atom. The molecule has 0 bridgehead atoms. The van der Waals surface area contributed by atoms with Crippen molar-refractivity contribution in [3.05, 3.63) is 71.2 Å². The van der Waals surface area contributed by atoms with Gasteiger partial charge in [-0.15, -0.1) is 0 Å². The van der Waals surface area contributed by atoms with Crippen molar-refractivity contribution in [1.29, 1.82) is 0 Å². The van der Waals surface area contributed by atoms with Crippen LogP contribution in [0, 0.1) is 13.8 Å². The average molecular weight is 315 g/mol. The van der Waals surface area contributed by atoms with Crippen LogP contribution in [-0.4, -0.2) is 0 Å². The van der Waals surface area contributed by atoms with Crippen LogP contribution in [0.4, 0.5) is 0 Å². The summed E-state index contributed by atoms with van der Waals surface area (Å²) in [6.45, 7) is 4.16. The molecule has 0 aliphatic rings. The van der Waals surface area contributed by atoms with E-state index in [0.717, 1.165) is 5.76 Å². The van der Waals surface area contributed by atoms with Crippen LogP contribution in [0.15, 0.2) is 53.1 Å². The van der Waals surface area contributed by atoms with Crippen LogP contribution in [0.3, 0.4) is 0 Å². The fourth-order valence-electron chi connectivity index (χ4n) is 2.55. The molecule has 1 nitrogen and oxygen atoms in total. The summed E-state index contributed by atoms with van der Waals surface area (Å²) in [6, 6.07) is 14.9. The molecule has 2 heteroatoms. The average Bonchev–Trinajstić information content (AvgIpc) is 2.84. The van der Waals surface area contributed by atoms with Gasteiger partial charge in [-0.2, -0.15) is 0 Å². The molecule has 3 aromatic rings. The first-order chi connectivity index (χ1) is 9.18. The third-order valence-electron chi connectivity index (χ3n) is 3.61. The van der Waals surface area contributed by atoms with E-state index in [1.807, 2.05) is 13.0 Å². The van der Waals surface area contributed by atoms with Gasteiger partial charge in [-0.3, -0.25) is 0 Å². The van der Waals surface area contributed by atoms with E-state index >= 15 is 0 Å².